The Bertz CT molecular complexity index is 1490. The maximum atomic E-state index is 13.0. The Balaban J connectivity index is 1.42. The van der Waals surface area contributed by atoms with E-state index in [9.17, 15) is 18.0 Å². The fraction of sp³-hybridized carbons (Fsp3) is 0.138. The highest BCUT2D eigenvalue weighted by molar-refractivity contribution is 6.35. The number of carbonyl (C=O) groups excluding carboxylic acids is 1. The highest BCUT2D eigenvalue weighted by atomic mass is 19.4. The SMILES string of the molecule is CCOc1cc(/C=C2/C(=O)Nc3cc(C(F)(F)F)ccc32)ccc1OCc1cccc2ccccc12. The second-order valence-electron chi connectivity index (χ2n) is 8.34. The molecule has 0 saturated carbocycles. The van der Waals surface area contributed by atoms with Crippen molar-refractivity contribution in [2.75, 3.05) is 11.9 Å². The van der Waals surface area contributed by atoms with Crippen molar-refractivity contribution < 1.29 is 27.4 Å². The number of halogens is 3. The summed E-state index contributed by atoms with van der Waals surface area (Å²) in [6, 6.07) is 22.7. The summed E-state index contributed by atoms with van der Waals surface area (Å²) >= 11 is 0. The minimum atomic E-state index is -4.49. The van der Waals surface area contributed by atoms with Gasteiger partial charge in [-0.3, -0.25) is 4.79 Å². The number of hydrogen-bond donors (Lipinski definition) is 1. The average Bonchev–Trinajstić information content (AvgIpc) is 3.17. The number of carbonyl (C=O) groups is 1. The molecular weight excluding hydrogens is 467 g/mol. The number of fused-ring (bicyclic) bond motifs is 2. The monoisotopic (exact) mass is 489 g/mol. The van der Waals surface area contributed by atoms with Crippen LogP contribution in [-0.4, -0.2) is 12.5 Å². The molecule has 1 aliphatic rings. The van der Waals surface area contributed by atoms with Crippen LogP contribution in [0.5, 0.6) is 11.5 Å². The van der Waals surface area contributed by atoms with Crippen molar-refractivity contribution in [3.8, 4) is 11.5 Å². The third kappa shape index (κ3) is 4.64. The molecule has 5 rings (SSSR count). The molecule has 0 aromatic heterocycles. The number of amides is 1. The molecule has 7 heteroatoms. The van der Waals surface area contributed by atoms with E-state index in [1.54, 1.807) is 24.3 Å². The molecule has 1 aliphatic heterocycles. The van der Waals surface area contributed by atoms with Gasteiger partial charge in [0.25, 0.3) is 5.91 Å². The molecule has 0 fully saturated rings. The van der Waals surface area contributed by atoms with Gasteiger partial charge in [0.15, 0.2) is 11.5 Å². The van der Waals surface area contributed by atoms with Crippen LogP contribution in [-0.2, 0) is 17.6 Å². The van der Waals surface area contributed by atoms with Gasteiger partial charge >= 0.3 is 6.18 Å². The Hall–Kier alpha value is -4.26. The van der Waals surface area contributed by atoms with E-state index in [-0.39, 0.29) is 11.3 Å². The molecule has 0 radical (unpaired) electrons. The van der Waals surface area contributed by atoms with Crippen molar-refractivity contribution in [1.29, 1.82) is 0 Å². The Morgan fingerprint density at radius 3 is 2.50 bits per heavy atom. The van der Waals surface area contributed by atoms with Gasteiger partial charge in [-0.25, -0.2) is 0 Å². The van der Waals surface area contributed by atoms with Gasteiger partial charge in [-0.05, 0) is 59.2 Å². The van der Waals surface area contributed by atoms with Crippen LogP contribution in [0.1, 0.15) is 29.2 Å². The minimum absolute atomic E-state index is 0.140. The van der Waals surface area contributed by atoms with E-state index in [0.717, 1.165) is 28.5 Å². The Morgan fingerprint density at radius 2 is 1.69 bits per heavy atom. The van der Waals surface area contributed by atoms with Crippen LogP contribution in [0.15, 0.2) is 78.9 Å². The van der Waals surface area contributed by atoms with Gasteiger partial charge in [-0.2, -0.15) is 13.2 Å². The number of hydrogen-bond acceptors (Lipinski definition) is 3. The lowest BCUT2D eigenvalue weighted by Gasteiger charge is -2.14. The molecule has 0 spiro atoms. The van der Waals surface area contributed by atoms with Crippen LogP contribution in [0.25, 0.3) is 22.4 Å². The molecule has 0 atom stereocenters. The average molecular weight is 489 g/mol. The van der Waals surface area contributed by atoms with Crippen LogP contribution < -0.4 is 14.8 Å². The van der Waals surface area contributed by atoms with Gasteiger partial charge in [0.1, 0.15) is 6.61 Å². The van der Waals surface area contributed by atoms with E-state index in [2.05, 4.69) is 11.4 Å². The van der Waals surface area contributed by atoms with Crippen LogP contribution in [0.3, 0.4) is 0 Å². The van der Waals surface area contributed by atoms with Crippen LogP contribution >= 0.6 is 0 Å². The molecular formula is C29H22F3NO3. The summed E-state index contributed by atoms with van der Waals surface area (Å²) in [7, 11) is 0. The molecule has 36 heavy (non-hydrogen) atoms. The van der Waals surface area contributed by atoms with Crippen LogP contribution in [0.4, 0.5) is 18.9 Å². The van der Waals surface area contributed by atoms with Gasteiger partial charge in [0.05, 0.1) is 12.2 Å². The lowest BCUT2D eigenvalue weighted by atomic mass is 10.0. The van der Waals surface area contributed by atoms with Crippen LogP contribution in [0, 0.1) is 0 Å². The summed E-state index contributed by atoms with van der Waals surface area (Å²) in [6.07, 6.45) is -2.86. The Labute approximate surface area is 206 Å². The molecule has 4 nitrogen and oxygen atoms in total. The van der Waals surface area contributed by atoms with Crippen molar-refractivity contribution in [2.24, 2.45) is 0 Å². The number of alkyl halides is 3. The summed E-state index contributed by atoms with van der Waals surface area (Å²) in [5.74, 6) is 0.606. The molecule has 4 aromatic carbocycles. The first-order valence-electron chi connectivity index (χ1n) is 11.4. The largest absolute Gasteiger partial charge is 0.490 e. The molecule has 4 aromatic rings. The quantitative estimate of drug-likeness (QED) is 0.289. The zero-order valence-electron chi connectivity index (χ0n) is 19.4. The smallest absolute Gasteiger partial charge is 0.416 e. The molecule has 0 bridgehead atoms. The fourth-order valence-corrected chi connectivity index (χ4v) is 4.26. The second-order valence-corrected chi connectivity index (χ2v) is 8.34. The second kappa shape index (κ2) is 9.41. The highest BCUT2D eigenvalue weighted by Crippen LogP contribution is 2.39. The van der Waals surface area contributed by atoms with Gasteiger partial charge in [0, 0.05) is 16.8 Å². The molecule has 1 N–H and O–H groups in total. The number of nitrogens with one attached hydrogen (secondary N) is 1. The first kappa shape index (κ1) is 23.5. The molecule has 1 heterocycles. The Kier molecular flexibility index (Phi) is 6.14. The van der Waals surface area contributed by atoms with E-state index in [0.29, 0.717) is 35.8 Å². The van der Waals surface area contributed by atoms with E-state index in [1.807, 2.05) is 43.3 Å². The summed E-state index contributed by atoms with van der Waals surface area (Å²) in [5.41, 5.74) is 1.73. The van der Waals surface area contributed by atoms with E-state index in [4.69, 9.17) is 9.47 Å². The van der Waals surface area contributed by atoms with Crippen molar-refractivity contribution in [3.63, 3.8) is 0 Å². The van der Waals surface area contributed by atoms with Crippen molar-refractivity contribution >= 4 is 34.0 Å². The maximum absolute atomic E-state index is 13.0. The van der Waals surface area contributed by atoms with Gasteiger partial charge < -0.3 is 14.8 Å². The minimum Gasteiger partial charge on any atom is -0.490 e. The lowest BCUT2D eigenvalue weighted by Crippen LogP contribution is -2.06. The summed E-state index contributed by atoms with van der Waals surface area (Å²) in [4.78, 5) is 12.5. The maximum Gasteiger partial charge on any atom is 0.416 e. The van der Waals surface area contributed by atoms with Crippen LogP contribution in [0.2, 0.25) is 0 Å². The topological polar surface area (TPSA) is 47.6 Å². The van der Waals surface area contributed by atoms with Gasteiger partial charge in [-0.1, -0.05) is 54.6 Å². The third-order valence-electron chi connectivity index (χ3n) is 5.97. The van der Waals surface area contributed by atoms with Crippen molar-refractivity contribution in [3.05, 3.63) is 101 Å². The number of anilines is 1. The molecule has 182 valence electrons. The molecule has 0 aliphatic carbocycles. The first-order valence-corrected chi connectivity index (χ1v) is 11.4. The zero-order chi connectivity index (χ0) is 25.3. The highest BCUT2D eigenvalue weighted by Gasteiger charge is 2.33. The summed E-state index contributed by atoms with van der Waals surface area (Å²) in [5, 5.41) is 4.76. The molecule has 0 saturated heterocycles. The van der Waals surface area contributed by atoms with Crippen molar-refractivity contribution in [2.45, 2.75) is 19.7 Å². The first-order chi connectivity index (χ1) is 17.3. The lowest BCUT2D eigenvalue weighted by molar-refractivity contribution is -0.137. The Morgan fingerprint density at radius 1 is 0.889 bits per heavy atom. The van der Waals surface area contributed by atoms with E-state index < -0.39 is 17.6 Å². The van der Waals surface area contributed by atoms with E-state index >= 15 is 0 Å². The summed E-state index contributed by atoms with van der Waals surface area (Å²) in [6.45, 7) is 2.62. The van der Waals surface area contributed by atoms with Crippen molar-refractivity contribution in [1.82, 2.24) is 0 Å². The number of rotatable bonds is 6. The molecule has 1 amide bonds. The van der Waals surface area contributed by atoms with Gasteiger partial charge in [0.2, 0.25) is 0 Å². The standard InChI is InChI=1S/C29H22F3NO3/c1-2-35-27-15-18(14-24-23-12-11-21(29(30,31)32)16-25(23)33-28(24)34)10-13-26(27)36-17-20-8-5-7-19-6-3-4-9-22(19)20/h3-16H,2,17H2,1H3,(H,33,34)/b24-14+. The number of ether oxygens (including phenoxy) is 2. The summed E-state index contributed by atoms with van der Waals surface area (Å²) < 4.78 is 51.0. The normalized spacial score (nSPS) is 14.1. The van der Waals surface area contributed by atoms with Gasteiger partial charge in [-0.15, -0.1) is 0 Å². The molecule has 0 unspecified atom stereocenters. The third-order valence-corrected chi connectivity index (χ3v) is 5.97. The number of benzene rings is 4. The zero-order valence-corrected chi connectivity index (χ0v) is 19.4. The predicted molar refractivity (Wildman–Crippen MR) is 134 cm³/mol. The predicted octanol–water partition coefficient (Wildman–Crippen LogP) is 7.33. The fourth-order valence-electron chi connectivity index (χ4n) is 4.26. The van der Waals surface area contributed by atoms with E-state index in [1.165, 1.54) is 6.07 Å².